The van der Waals surface area contributed by atoms with E-state index in [0.29, 0.717) is 41.9 Å². The zero-order valence-corrected chi connectivity index (χ0v) is 22.5. The van der Waals surface area contributed by atoms with Crippen molar-refractivity contribution in [3.8, 4) is 16.2 Å². The summed E-state index contributed by atoms with van der Waals surface area (Å²) in [6, 6.07) is 10.3. The van der Waals surface area contributed by atoms with Crippen LogP contribution in [0.15, 0.2) is 53.1 Å². The van der Waals surface area contributed by atoms with Gasteiger partial charge in [-0.15, -0.1) is 23.1 Å². The first kappa shape index (κ1) is 26.9. The molecule has 0 radical (unpaired) electrons. The summed E-state index contributed by atoms with van der Waals surface area (Å²) in [6.45, 7) is 2.88. The largest absolute Gasteiger partial charge is 0.510 e. The van der Waals surface area contributed by atoms with Crippen LogP contribution in [0.1, 0.15) is 35.0 Å². The molecule has 1 atom stereocenters. The van der Waals surface area contributed by atoms with Gasteiger partial charge in [-0.25, -0.2) is 0 Å². The summed E-state index contributed by atoms with van der Waals surface area (Å²) in [6.07, 6.45) is 0. The van der Waals surface area contributed by atoms with Gasteiger partial charge >= 0.3 is 0 Å². The van der Waals surface area contributed by atoms with Crippen molar-refractivity contribution >= 4 is 81.1 Å². The van der Waals surface area contributed by atoms with Crippen LogP contribution in [0.2, 0.25) is 20.1 Å². The fraction of sp³-hybridized carbons (Fsp3) is 0.167. The lowest BCUT2D eigenvalue weighted by molar-refractivity contribution is -0.113. The minimum Gasteiger partial charge on any atom is -0.510 e. The quantitative estimate of drug-likeness (QED) is 0.304. The highest BCUT2D eigenvalue weighted by Crippen LogP contribution is 2.44. The number of ketones is 2. The van der Waals surface area contributed by atoms with Crippen molar-refractivity contribution in [3.63, 3.8) is 0 Å². The minimum absolute atomic E-state index is 0.000823. The van der Waals surface area contributed by atoms with Crippen LogP contribution < -0.4 is 0 Å². The summed E-state index contributed by atoms with van der Waals surface area (Å²) < 4.78 is 0. The standard InChI is InChI=1S/C12H10Cl2O2S.C12H8Cl2O2S/c2*1-6(15)8-5-17-12(11(8)16)7-2-3-9(13)10(14)4-7/h2-4,12,16H,5H2,1H3;2-5,16H,1H3. The van der Waals surface area contributed by atoms with Crippen molar-refractivity contribution in [2.75, 3.05) is 5.75 Å². The van der Waals surface area contributed by atoms with E-state index in [1.54, 1.807) is 35.7 Å². The van der Waals surface area contributed by atoms with Gasteiger partial charge in [0.2, 0.25) is 0 Å². The second-order valence-corrected chi connectivity index (χ2v) is 10.9. The Kier molecular flexibility index (Phi) is 9.01. The summed E-state index contributed by atoms with van der Waals surface area (Å²) in [4.78, 5) is 23.1. The summed E-state index contributed by atoms with van der Waals surface area (Å²) >= 11 is 26.3. The highest BCUT2D eigenvalue weighted by Gasteiger charge is 2.29. The Balaban J connectivity index is 0.000000191. The predicted molar refractivity (Wildman–Crippen MR) is 143 cm³/mol. The van der Waals surface area contributed by atoms with Gasteiger partial charge in [-0.1, -0.05) is 58.5 Å². The predicted octanol–water partition coefficient (Wildman–Crippen LogP) is 8.81. The molecule has 2 N–H and O–H groups in total. The molecule has 178 valence electrons. The molecule has 0 amide bonds. The van der Waals surface area contributed by atoms with Gasteiger partial charge in [0, 0.05) is 16.7 Å². The smallest absolute Gasteiger partial charge is 0.164 e. The number of rotatable bonds is 4. The van der Waals surface area contributed by atoms with Gasteiger partial charge < -0.3 is 10.2 Å². The van der Waals surface area contributed by atoms with Crippen LogP contribution in [0.3, 0.4) is 0 Å². The lowest BCUT2D eigenvalue weighted by Crippen LogP contribution is -2.00. The Morgan fingerprint density at radius 2 is 1.50 bits per heavy atom. The van der Waals surface area contributed by atoms with Crippen molar-refractivity contribution < 1.29 is 19.8 Å². The highest BCUT2D eigenvalue weighted by atomic mass is 35.5. The molecule has 4 rings (SSSR count). The van der Waals surface area contributed by atoms with Gasteiger partial charge in [0.25, 0.3) is 0 Å². The second kappa shape index (κ2) is 11.4. The third kappa shape index (κ3) is 5.93. The molecule has 10 heteroatoms. The molecule has 4 nitrogen and oxygen atoms in total. The van der Waals surface area contributed by atoms with Crippen LogP contribution in [-0.2, 0) is 4.79 Å². The lowest BCUT2D eigenvalue weighted by atomic mass is 10.1. The summed E-state index contributed by atoms with van der Waals surface area (Å²) in [5.74, 6) is 0.427. The Morgan fingerprint density at radius 3 is 2.00 bits per heavy atom. The van der Waals surface area contributed by atoms with Crippen molar-refractivity contribution in [1.82, 2.24) is 0 Å². The first-order chi connectivity index (χ1) is 16.0. The molecular formula is C24H18Cl4O4S2. The Labute approximate surface area is 225 Å². The van der Waals surface area contributed by atoms with Crippen molar-refractivity contribution in [2.45, 2.75) is 19.1 Å². The fourth-order valence-corrected chi connectivity index (χ4v) is 6.06. The van der Waals surface area contributed by atoms with Crippen LogP contribution in [0.25, 0.3) is 10.4 Å². The fourth-order valence-electron chi connectivity index (χ4n) is 3.13. The summed E-state index contributed by atoms with van der Waals surface area (Å²) in [5.41, 5.74) is 2.43. The number of halogens is 4. The van der Waals surface area contributed by atoms with E-state index in [1.807, 2.05) is 6.07 Å². The van der Waals surface area contributed by atoms with Crippen LogP contribution in [0.4, 0.5) is 0 Å². The molecule has 3 aromatic rings. The molecule has 0 saturated heterocycles. The number of Topliss-reactive ketones (excluding diaryl/α,β-unsaturated/α-hetero) is 2. The molecular weight excluding hydrogens is 558 g/mol. The molecule has 0 fully saturated rings. The molecule has 2 aromatic carbocycles. The molecule has 1 aliphatic rings. The summed E-state index contributed by atoms with van der Waals surface area (Å²) in [7, 11) is 0. The topological polar surface area (TPSA) is 74.6 Å². The Morgan fingerprint density at radius 1 is 0.882 bits per heavy atom. The number of aliphatic hydroxyl groups excluding tert-OH is 1. The van der Waals surface area contributed by atoms with Crippen LogP contribution >= 0.6 is 69.5 Å². The third-order valence-corrected chi connectivity index (χ3v) is 8.73. The number of thiophene rings is 1. The average molecular weight is 576 g/mol. The number of aliphatic hydroxyl groups is 1. The van der Waals surface area contributed by atoms with Gasteiger partial charge in [-0.2, -0.15) is 0 Å². The second-order valence-electron chi connectivity index (χ2n) is 7.30. The van der Waals surface area contributed by atoms with E-state index in [0.717, 1.165) is 11.1 Å². The van der Waals surface area contributed by atoms with Gasteiger partial charge in [0.1, 0.15) is 11.5 Å². The monoisotopic (exact) mass is 574 g/mol. The lowest BCUT2D eigenvalue weighted by Gasteiger charge is -2.11. The van der Waals surface area contributed by atoms with Gasteiger partial charge in [-0.3, -0.25) is 9.59 Å². The molecule has 34 heavy (non-hydrogen) atoms. The number of carbonyl (C=O) groups excluding carboxylic acids is 2. The van der Waals surface area contributed by atoms with Crippen molar-refractivity contribution in [1.29, 1.82) is 0 Å². The number of thioether (sulfide) groups is 1. The van der Waals surface area contributed by atoms with E-state index in [4.69, 9.17) is 46.4 Å². The molecule has 0 saturated carbocycles. The summed E-state index contributed by atoms with van der Waals surface area (Å²) in [5, 5.41) is 23.1. The Hall–Kier alpha value is -1.67. The number of benzene rings is 2. The Bertz CT molecular complexity index is 1300. The molecule has 0 bridgehead atoms. The first-order valence-electron chi connectivity index (χ1n) is 9.77. The maximum atomic E-state index is 11.3. The number of carbonyl (C=O) groups is 2. The van der Waals surface area contributed by atoms with E-state index >= 15 is 0 Å². The normalized spacial score (nSPS) is 15.2. The third-order valence-electron chi connectivity index (χ3n) is 4.95. The van der Waals surface area contributed by atoms with Crippen LogP contribution in [0, 0.1) is 0 Å². The van der Waals surface area contributed by atoms with Gasteiger partial charge in [0.15, 0.2) is 11.6 Å². The number of aromatic hydroxyl groups is 1. The molecule has 2 heterocycles. The van der Waals surface area contributed by atoms with Crippen molar-refractivity contribution in [3.05, 3.63) is 84.3 Å². The van der Waals surface area contributed by atoms with Crippen LogP contribution in [-0.4, -0.2) is 27.5 Å². The molecule has 1 aromatic heterocycles. The van der Waals surface area contributed by atoms with Crippen molar-refractivity contribution in [2.24, 2.45) is 0 Å². The van der Waals surface area contributed by atoms with E-state index in [-0.39, 0.29) is 28.3 Å². The molecule has 1 aliphatic heterocycles. The van der Waals surface area contributed by atoms with Gasteiger partial charge in [-0.05, 0) is 49.2 Å². The van der Waals surface area contributed by atoms with E-state index in [9.17, 15) is 19.8 Å². The average Bonchev–Trinajstić information content (AvgIpc) is 3.35. The van der Waals surface area contributed by atoms with E-state index in [1.165, 1.54) is 36.9 Å². The van der Waals surface area contributed by atoms with E-state index < -0.39 is 0 Å². The first-order valence-corrected chi connectivity index (χ1v) is 13.2. The molecule has 0 spiro atoms. The minimum atomic E-state index is -0.219. The highest BCUT2D eigenvalue weighted by molar-refractivity contribution is 8.00. The number of hydrogen-bond donors (Lipinski definition) is 2. The zero-order valence-electron chi connectivity index (χ0n) is 17.9. The molecule has 1 unspecified atom stereocenters. The van der Waals surface area contributed by atoms with Crippen LogP contribution in [0.5, 0.6) is 5.75 Å². The van der Waals surface area contributed by atoms with Gasteiger partial charge in [0.05, 0.1) is 35.8 Å². The maximum absolute atomic E-state index is 11.3. The SMILES string of the molecule is CC(=O)C1=C(O)C(c2ccc(Cl)c(Cl)c2)SC1.CC(=O)c1csc(-c2ccc(Cl)c(Cl)c2)c1O. The maximum Gasteiger partial charge on any atom is 0.164 e. The molecule has 0 aliphatic carbocycles. The number of hydrogen-bond acceptors (Lipinski definition) is 6. The van der Waals surface area contributed by atoms with E-state index in [2.05, 4.69) is 0 Å². The zero-order chi connectivity index (χ0) is 25.2.